The molecule has 1 fully saturated rings. The van der Waals surface area contributed by atoms with Gasteiger partial charge in [-0.2, -0.15) is 0 Å². The smallest absolute Gasteiger partial charge is 0.339 e. The molecular weight excluding hydrogens is 342 g/mol. The maximum Gasteiger partial charge on any atom is 0.339 e. The van der Waals surface area contributed by atoms with E-state index < -0.39 is 11.6 Å². The summed E-state index contributed by atoms with van der Waals surface area (Å²) in [6.45, 7) is 8.09. The summed E-state index contributed by atoms with van der Waals surface area (Å²) in [5.41, 5.74) is 1.11. The number of hydrogen-bond acceptors (Lipinski definition) is 4. The first-order valence-corrected chi connectivity index (χ1v) is 8.61. The first-order valence-electron chi connectivity index (χ1n) is 8.61. The van der Waals surface area contributed by atoms with Crippen LogP contribution in [0.15, 0.2) is 83.9 Å². The SMILES string of the molecule is C=C/C=C1\C(=C)C2C=CC1(Cn1cc(C(=O)OC)c3ccccc3c1=O)O2. The summed E-state index contributed by atoms with van der Waals surface area (Å²) in [7, 11) is 1.32. The maximum atomic E-state index is 13.1. The fourth-order valence-electron chi connectivity index (χ4n) is 3.84. The van der Waals surface area contributed by atoms with Gasteiger partial charge in [-0.15, -0.1) is 0 Å². The van der Waals surface area contributed by atoms with Crippen molar-refractivity contribution < 1.29 is 14.3 Å². The van der Waals surface area contributed by atoms with E-state index in [-0.39, 0.29) is 18.2 Å². The number of hydrogen-bond donors (Lipinski definition) is 0. The minimum atomic E-state index is -0.796. The molecule has 2 unspecified atom stereocenters. The van der Waals surface area contributed by atoms with Crippen LogP contribution in [0.25, 0.3) is 10.8 Å². The molecule has 136 valence electrons. The third-order valence-electron chi connectivity index (χ3n) is 5.11. The van der Waals surface area contributed by atoms with Crippen LogP contribution in [-0.4, -0.2) is 29.4 Å². The van der Waals surface area contributed by atoms with E-state index in [4.69, 9.17) is 9.47 Å². The molecule has 0 spiro atoms. The lowest BCUT2D eigenvalue weighted by Crippen LogP contribution is -2.37. The number of fused-ring (bicyclic) bond motifs is 3. The van der Waals surface area contributed by atoms with Gasteiger partial charge < -0.3 is 14.0 Å². The molecule has 2 aliphatic heterocycles. The molecule has 2 aromatic rings. The average Bonchev–Trinajstić information content (AvgIpc) is 3.21. The highest BCUT2D eigenvalue weighted by Gasteiger charge is 2.48. The predicted molar refractivity (Wildman–Crippen MR) is 104 cm³/mol. The largest absolute Gasteiger partial charge is 0.465 e. The van der Waals surface area contributed by atoms with Crippen molar-refractivity contribution in [3.05, 3.63) is 95.0 Å². The molecule has 0 saturated carbocycles. The molecule has 27 heavy (non-hydrogen) atoms. The highest BCUT2D eigenvalue weighted by Crippen LogP contribution is 2.46. The van der Waals surface area contributed by atoms with Gasteiger partial charge in [0.25, 0.3) is 5.56 Å². The normalized spacial score (nSPS) is 24.7. The number of aromatic nitrogens is 1. The lowest BCUT2D eigenvalue weighted by Gasteiger charge is -2.26. The van der Waals surface area contributed by atoms with Crippen LogP contribution in [0.1, 0.15) is 10.4 Å². The Morgan fingerprint density at radius 2 is 2.11 bits per heavy atom. The predicted octanol–water partition coefficient (Wildman–Crippen LogP) is 3.16. The van der Waals surface area contributed by atoms with E-state index in [1.807, 2.05) is 18.2 Å². The highest BCUT2D eigenvalue weighted by molar-refractivity contribution is 6.03. The summed E-state index contributed by atoms with van der Waals surface area (Å²) >= 11 is 0. The average molecular weight is 361 g/mol. The number of esters is 1. The number of benzene rings is 1. The second kappa shape index (κ2) is 6.21. The molecular formula is C22H19NO4. The summed E-state index contributed by atoms with van der Waals surface area (Å²) in [4.78, 5) is 25.3. The Morgan fingerprint density at radius 1 is 1.37 bits per heavy atom. The van der Waals surface area contributed by atoms with Crippen LogP contribution >= 0.6 is 0 Å². The molecule has 0 radical (unpaired) electrons. The van der Waals surface area contributed by atoms with Crippen molar-refractivity contribution in [2.45, 2.75) is 18.2 Å². The number of allylic oxidation sites excluding steroid dienone is 2. The number of pyridine rings is 1. The summed E-state index contributed by atoms with van der Waals surface area (Å²) in [6.07, 6.45) is 8.77. The van der Waals surface area contributed by atoms with E-state index in [0.29, 0.717) is 16.3 Å². The number of nitrogens with zero attached hydrogens (tertiary/aromatic N) is 1. The quantitative estimate of drug-likeness (QED) is 0.620. The van der Waals surface area contributed by atoms with Crippen LogP contribution in [0, 0.1) is 0 Å². The van der Waals surface area contributed by atoms with E-state index in [9.17, 15) is 9.59 Å². The molecule has 1 saturated heterocycles. The van der Waals surface area contributed by atoms with E-state index in [1.165, 1.54) is 11.7 Å². The van der Waals surface area contributed by atoms with Gasteiger partial charge in [0.15, 0.2) is 0 Å². The minimum Gasteiger partial charge on any atom is -0.465 e. The van der Waals surface area contributed by atoms with Gasteiger partial charge in [-0.25, -0.2) is 4.79 Å². The van der Waals surface area contributed by atoms with Crippen LogP contribution in [0.5, 0.6) is 0 Å². The Kier molecular flexibility index (Phi) is 3.97. The summed E-state index contributed by atoms with van der Waals surface area (Å²) < 4.78 is 12.6. The minimum absolute atomic E-state index is 0.191. The lowest BCUT2D eigenvalue weighted by atomic mass is 9.85. The summed E-state index contributed by atoms with van der Waals surface area (Å²) in [5, 5.41) is 1.03. The lowest BCUT2D eigenvalue weighted by molar-refractivity contribution is 0.0387. The molecule has 0 aliphatic carbocycles. The Morgan fingerprint density at radius 3 is 2.81 bits per heavy atom. The molecule has 2 bridgehead atoms. The zero-order valence-electron chi connectivity index (χ0n) is 15.0. The summed E-state index contributed by atoms with van der Waals surface area (Å²) in [6, 6.07) is 7.01. The van der Waals surface area contributed by atoms with Crippen molar-refractivity contribution in [2.24, 2.45) is 0 Å². The van der Waals surface area contributed by atoms with Crippen LogP contribution < -0.4 is 5.56 Å². The number of rotatable bonds is 4. The number of methoxy groups -OCH3 is 1. The molecule has 0 N–H and O–H groups in total. The standard InChI is InChI=1S/C22H19NO4/c1-4-7-18-14(2)19-10-11-22(18,27-19)13-23-12-17(21(25)26-3)15-8-5-6-9-16(15)20(23)24/h4-12,19H,1-2,13H2,3H3/b18-7+. The Balaban J connectivity index is 1.89. The molecule has 3 heterocycles. The third-order valence-corrected chi connectivity index (χ3v) is 5.11. The fraction of sp³-hybridized carbons (Fsp3) is 0.182. The van der Waals surface area contributed by atoms with Crippen molar-refractivity contribution in [3.63, 3.8) is 0 Å². The van der Waals surface area contributed by atoms with Crippen molar-refractivity contribution in [3.8, 4) is 0 Å². The molecule has 5 nitrogen and oxygen atoms in total. The number of carbonyl (C=O) groups is 1. The van der Waals surface area contributed by atoms with Gasteiger partial charge in [-0.3, -0.25) is 4.79 Å². The molecule has 1 aromatic heterocycles. The first kappa shape index (κ1) is 17.2. The summed E-state index contributed by atoms with van der Waals surface area (Å²) in [5.74, 6) is -0.490. The van der Waals surface area contributed by atoms with Gasteiger partial charge in [0.1, 0.15) is 11.7 Å². The zero-order valence-corrected chi connectivity index (χ0v) is 15.0. The third kappa shape index (κ3) is 2.51. The second-order valence-electron chi connectivity index (χ2n) is 6.64. The van der Waals surface area contributed by atoms with Gasteiger partial charge in [-0.1, -0.05) is 49.6 Å². The van der Waals surface area contributed by atoms with E-state index in [1.54, 1.807) is 36.5 Å². The van der Waals surface area contributed by atoms with Crippen molar-refractivity contribution in [2.75, 3.05) is 7.11 Å². The monoisotopic (exact) mass is 361 g/mol. The molecule has 2 aliphatic rings. The Labute approximate surface area is 156 Å². The van der Waals surface area contributed by atoms with Crippen LogP contribution in [0.2, 0.25) is 0 Å². The Bertz CT molecular complexity index is 1100. The van der Waals surface area contributed by atoms with Crippen molar-refractivity contribution in [1.82, 2.24) is 4.57 Å². The van der Waals surface area contributed by atoms with E-state index in [0.717, 1.165) is 11.1 Å². The van der Waals surface area contributed by atoms with Crippen LogP contribution in [0.4, 0.5) is 0 Å². The van der Waals surface area contributed by atoms with E-state index in [2.05, 4.69) is 13.2 Å². The fourth-order valence-corrected chi connectivity index (χ4v) is 3.84. The van der Waals surface area contributed by atoms with Gasteiger partial charge in [0.05, 0.1) is 19.2 Å². The van der Waals surface area contributed by atoms with Crippen molar-refractivity contribution >= 4 is 16.7 Å². The molecule has 0 amide bonds. The first-order chi connectivity index (χ1) is 13.0. The Hall–Kier alpha value is -3.18. The van der Waals surface area contributed by atoms with Gasteiger partial charge in [-0.05, 0) is 23.3 Å². The zero-order chi connectivity index (χ0) is 19.2. The van der Waals surface area contributed by atoms with E-state index >= 15 is 0 Å². The van der Waals surface area contributed by atoms with Gasteiger partial charge >= 0.3 is 5.97 Å². The van der Waals surface area contributed by atoms with Crippen LogP contribution in [-0.2, 0) is 16.0 Å². The molecule has 2 atom stereocenters. The van der Waals surface area contributed by atoms with Crippen molar-refractivity contribution in [1.29, 1.82) is 0 Å². The topological polar surface area (TPSA) is 57.5 Å². The second-order valence-corrected chi connectivity index (χ2v) is 6.64. The van der Waals surface area contributed by atoms with Crippen LogP contribution in [0.3, 0.4) is 0 Å². The van der Waals surface area contributed by atoms with Gasteiger partial charge in [0, 0.05) is 17.0 Å². The molecule has 4 rings (SSSR count). The maximum absolute atomic E-state index is 13.1. The van der Waals surface area contributed by atoms with Gasteiger partial charge in [0.2, 0.25) is 0 Å². The number of carbonyl (C=O) groups excluding carboxylic acids is 1. The molecule has 5 heteroatoms. The number of ether oxygens (including phenoxy) is 2. The molecule has 1 aromatic carbocycles. The highest BCUT2D eigenvalue weighted by atomic mass is 16.5.